The Morgan fingerprint density at radius 1 is 1.53 bits per heavy atom. The van der Waals surface area contributed by atoms with E-state index in [-0.39, 0.29) is 6.42 Å². The zero-order valence-corrected chi connectivity index (χ0v) is 8.95. The van der Waals surface area contributed by atoms with Crippen LogP contribution in [0.25, 0.3) is 10.9 Å². The van der Waals surface area contributed by atoms with Crippen LogP contribution < -0.4 is 0 Å². The third kappa shape index (κ3) is 1.70. The zero-order chi connectivity index (χ0) is 11.0. The van der Waals surface area contributed by atoms with E-state index in [0.717, 1.165) is 16.5 Å². The number of halogens is 1. The van der Waals surface area contributed by atoms with Gasteiger partial charge in [-0.2, -0.15) is 0 Å². The highest BCUT2D eigenvalue weighted by molar-refractivity contribution is 6.35. The van der Waals surface area contributed by atoms with E-state index in [1.807, 2.05) is 29.9 Å². The number of carboxylic acids is 1. The van der Waals surface area contributed by atoms with Crippen LogP contribution in [0.1, 0.15) is 5.56 Å². The second-order valence-electron chi connectivity index (χ2n) is 3.47. The van der Waals surface area contributed by atoms with Gasteiger partial charge in [-0.3, -0.25) is 4.79 Å². The minimum atomic E-state index is -0.831. The largest absolute Gasteiger partial charge is 0.481 e. The molecule has 2 aromatic rings. The lowest BCUT2D eigenvalue weighted by molar-refractivity contribution is -0.136. The number of aryl methyl sites for hydroxylation is 1. The van der Waals surface area contributed by atoms with Crippen molar-refractivity contribution in [2.24, 2.45) is 7.05 Å². The molecule has 0 amide bonds. The summed E-state index contributed by atoms with van der Waals surface area (Å²) in [5, 5.41) is 10.3. The molecule has 78 valence electrons. The Morgan fingerprint density at radius 3 is 2.93 bits per heavy atom. The van der Waals surface area contributed by atoms with Gasteiger partial charge in [0.1, 0.15) is 0 Å². The molecule has 0 unspecified atom stereocenters. The predicted octanol–water partition coefficient (Wildman–Crippen LogP) is 2.46. The number of carboxylic acid groups (broad SMARTS) is 1. The Morgan fingerprint density at radius 2 is 2.27 bits per heavy atom. The summed E-state index contributed by atoms with van der Waals surface area (Å²) in [5.41, 5.74) is 1.68. The molecular formula is C11H10ClNO2. The molecule has 0 aliphatic carbocycles. The Hall–Kier alpha value is -1.48. The maximum absolute atomic E-state index is 10.7. The molecule has 1 N–H and O–H groups in total. The van der Waals surface area contributed by atoms with Crippen molar-refractivity contribution in [2.45, 2.75) is 6.42 Å². The van der Waals surface area contributed by atoms with Gasteiger partial charge in [0.2, 0.25) is 0 Å². The van der Waals surface area contributed by atoms with Gasteiger partial charge in [0.05, 0.1) is 17.0 Å². The molecule has 0 saturated heterocycles. The minimum absolute atomic E-state index is 0.0255. The van der Waals surface area contributed by atoms with Gasteiger partial charge in [-0.05, 0) is 11.6 Å². The van der Waals surface area contributed by atoms with Crippen LogP contribution in [-0.2, 0) is 18.3 Å². The van der Waals surface area contributed by atoms with E-state index in [1.54, 1.807) is 6.07 Å². The van der Waals surface area contributed by atoms with Crippen molar-refractivity contribution < 1.29 is 9.90 Å². The summed E-state index contributed by atoms with van der Waals surface area (Å²) in [5.74, 6) is -0.831. The normalized spacial score (nSPS) is 10.8. The number of nitrogens with zero attached hydrogens (tertiary/aromatic N) is 1. The van der Waals surface area contributed by atoms with Gasteiger partial charge in [-0.15, -0.1) is 0 Å². The van der Waals surface area contributed by atoms with Crippen molar-refractivity contribution in [3.63, 3.8) is 0 Å². The van der Waals surface area contributed by atoms with Crippen LogP contribution in [0.3, 0.4) is 0 Å². The van der Waals surface area contributed by atoms with E-state index < -0.39 is 5.97 Å². The van der Waals surface area contributed by atoms with Crippen LogP contribution in [0.2, 0.25) is 5.02 Å². The number of benzene rings is 1. The molecule has 1 aromatic heterocycles. The number of carbonyl (C=O) groups is 1. The van der Waals surface area contributed by atoms with E-state index in [4.69, 9.17) is 16.7 Å². The molecule has 4 heteroatoms. The van der Waals surface area contributed by atoms with Crippen molar-refractivity contribution in [1.29, 1.82) is 0 Å². The maximum atomic E-state index is 10.7. The summed E-state index contributed by atoms with van der Waals surface area (Å²) in [6.07, 6.45) is 1.84. The highest BCUT2D eigenvalue weighted by Crippen LogP contribution is 2.27. The van der Waals surface area contributed by atoms with Crippen LogP contribution in [0, 0.1) is 0 Å². The first kappa shape index (κ1) is 10.1. The van der Waals surface area contributed by atoms with Gasteiger partial charge in [0.15, 0.2) is 0 Å². The van der Waals surface area contributed by atoms with Crippen molar-refractivity contribution >= 4 is 28.5 Å². The van der Waals surface area contributed by atoms with Gasteiger partial charge in [-0.1, -0.05) is 23.7 Å². The molecule has 0 radical (unpaired) electrons. The fourth-order valence-electron chi connectivity index (χ4n) is 1.80. The molecule has 1 heterocycles. The Kier molecular flexibility index (Phi) is 2.40. The van der Waals surface area contributed by atoms with E-state index in [1.165, 1.54) is 0 Å². The summed E-state index contributed by atoms with van der Waals surface area (Å²) in [6.45, 7) is 0. The number of aliphatic carboxylic acids is 1. The summed E-state index contributed by atoms with van der Waals surface area (Å²) in [4.78, 5) is 10.7. The lowest BCUT2D eigenvalue weighted by Gasteiger charge is -1.98. The van der Waals surface area contributed by atoms with Gasteiger partial charge in [0.25, 0.3) is 0 Å². The summed E-state index contributed by atoms with van der Waals surface area (Å²) < 4.78 is 1.86. The van der Waals surface area contributed by atoms with Crippen LogP contribution >= 0.6 is 11.6 Å². The first-order chi connectivity index (χ1) is 7.09. The molecular weight excluding hydrogens is 214 g/mol. The number of fused-ring (bicyclic) bond motifs is 1. The van der Waals surface area contributed by atoms with E-state index in [9.17, 15) is 4.79 Å². The number of para-hydroxylation sites is 1. The average molecular weight is 224 g/mol. The first-order valence-electron chi connectivity index (χ1n) is 4.54. The fraction of sp³-hybridized carbons (Fsp3) is 0.182. The minimum Gasteiger partial charge on any atom is -0.481 e. The van der Waals surface area contributed by atoms with E-state index in [0.29, 0.717) is 5.02 Å². The lowest BCUT2D eigenvalue weighted by Crippen LogP contribution is -1.98. The number of hydrogen-bond acceptors (Lipinski definition) is 1. The Labute approximate surface area is 91.9 Å². The standard InChI is InChI=1S/C11H10ClNO2/c1-13-6-7(5-10(14)15)8-3-2-4-9(12)11(8)13/h2-4,6H,5H2,1H3,(H,14,15). The van der Waals surface area contributed by atoms with Gasteiger partial charge in [0, 0.05) is 18.6 Å². The van der Waals surface area contributed by atoms with Crippen LogP contribution in [0.5, 0.6) is 0 Å². The predicted molar refractivity (Wildman–Crippen MR) is 59.3 cm³/mol. The first-order valence-corrected chi connectivity index (χ1v) is 4.91. The topological polar surface area (TPSA) is 42.2 Å². The third-order valence-electron chi connectivity index (χ3n) is 2.38. The van der Waals surface area contributed by atoms with Crippen molar-refractivity contribution in [3.8, 4) is 0 Å². The van der Waals surface area contributed by atoms with Crippen LogP contribution in [0.4, 0.5) is 0 Å². The molecule has 3 nitrogen and oxygen atoms in total. The molecule has 0 aliphatic heterocycles. The SMILES string of the molecule is Cn1cc(CC(=O)O)c2cccc(Cl)c21. The lowest BCUT2D eigenvalue weighted by atomic mass is 10.1. The molecule has 0 atom stereocenters. The molecule has 0 fully saturated rings. The van der Waals surface area contributed by atoms with E-state index in [2.05, 4.69) is 0 Å². The second-order valence-corrected chi connectivity index (χ2v) is 3.88. The monoisotopic (exact) mass is 223 g/mol. The van der Waals surface area contributed by atoms with Crippen molar-refractivity contribution in [1.82, 2.24) is 4.57 Å². The summed E-state index contributed by atoms with van der Waals surface area (Å²) in [6, 6.07) is 5.52. The molecule has 2 rings (SSSR count). The fourth-order valence-corrected chi connectivity index (χ4v) is 2.11. The number of hydrogen-bond donors (Lipinski definition) is 1. The van der Waals surface area contributed by atoms with Gasteiger partial charge >= 0.3 is 5.97 Å². The third-order valence-corrected chi connectivity index (χ3v) is 2.68. The Balaban J connectivity index is 2.68. The van der Waals surface area contributed by atoms with Crippen molar-refractivity contribution in [3.05, 3.63) is 35.0 Å². The highest BCUT2D eigenvalue weighted by Gasteiger charge is 2.11. The molecule has 0 saturated carbocycles. The highest BCUT2D eigenvalue weighted by atomic mass is 35.5. The Bertz CT molecular complexity index is 531. The van der Waals surface area contributed by atoms with Crippen LogP contribution in [-0.4, -0.2) is 15.6 Å². The van der Waals surface area contributed by atoms with Crippen molar-refractivity contribution in [2.75, 3.05) is 0 Å². The smallest absolute Gasteiger partial charge is 0.307 e. The summed E-state index contributed by atoms with van der Waals surface area (Å²) >= 11 is 6.04. The molecule has 0 bridgehead atoms. The molecule has 0 spiro atoms. The van der Waals surface area contributed by atoms with Gasteiger partial charge < -0.3 is 9.67 Å². The average Bonchev–Trinajstić information content (AvgIpc) is 2.44. The maximum Gasteiger partial charge on any atom is 0.307 e. The molecule has 1 aromatic carbocycles. The van der Waals surface area contributed by atoms with Gasteiger partial charge in [-0.25, -0.2) is 0 Å². The van der Waals surface area contributed by atoms with E-state index >= 15 is 0 Å². The second kappa shape index (κ2) is 3.59. The molecule has 0 aliphatic rings. The van der Waals surface area contributed by atoms with Crippen LogP contribution in [0.15, 0.2) is 24.4 Å². The quantitative estimate of drug-likeness (QED) is 0.850. The number of rotatable bonds is 2. The molecule has 15 heavy (non-hydrogen) atoms. The summed E-state index contributed by atoms with van der Waals surface area (Å²) in [7, 11) is 1.86. The zero-order valence-electron chi connectivity index (χ0n) is 8.20. The number of aromatic nitrogens is 1.